The van der Waals surface area contributed by atoms with Crippen molar-refractivity contribution in [3.8, 4) is 12.1 Å². The van der Waals surface area contributed by atoms with Crippen LogP contribution < -0.4 is 0 Å². The molecular formula is C18H20N4S2. The van der Waals surface area contributed by atoms with Crippen LogP contribution in [0.2, 0.25) is 0 Å². The lowest BCUT2D eigenvalue weighted by Gasteiger charge is -2.22. The average Bonchev–Trinajstić information content (AvgIpc) is 2.43. The minimum absolute atomic E-state index is 0.000203. The molecule has 24 heavy (non-hydrogen) atoms. The van der Waals surface area contributed by atoms with Crippen molar-refractivity contribution in [3.05, 3.63) is 23.3 Å². The van der Waals surface area contributed by atoms with Gasteiger partial charge in [-0.05, 0) is 12.1 Å². The van der Waals surface area contributed by atoms with Gasteiger partial charge in [-0.3, -0.25) is 0 Å². The van der Waals surface area contributed by atoms with Crippen LogP contribution in [0.5, 0.6) is 0 Å². The second kappa shape index (κ2) is 6.63. The summed E-state index contributed by atoms with van der Waals surface area (Å²) in [5.41, 5.74) is 1.97. The molecule has 0 atom stereocenters. The minimum atomic E-state index is 0.000203. The molecule has 1 aromatic carbocycles. The molecule has 124 valence electrons. The maximum absolute atomic E-state index is 9.21. The van der Waals surface area contributed by atoms with Crippen LogP contribution in [-0.2, 0) is 0 Å². The molecule has 0 amide bonds. The van der Waals surface area contributed by atoms with E-state index >= 15 is 0 Å². The minimum Gasteiger partial charge on any atom is -0.237 e. The molecule has 0 aliphatic heterocycles. The lowest BCUT2D eigenvalue weighted by Crippen LogP contribution is -2.12. The van der Waals surface area contributed by atoms with E-state index in [1.54, 1.807) is 35.7 Å². The van der Waals surface area contributed by atoms with Gasteiger partial charge in [-0.25, -0.2) is 9.97 Å². The summed E-state index contributed by atoms with van der Waals surface area (Å²) in [6, 6.07) is 7.42. The van der Waals surface area contributed by atoms with Crippen LogP contribution in [0.25, 0.3) is 11.0 Å². The summed E-state index contributed by atoms with van der Waals surface area (Å²) < 4.78 is 0.000405. The Labute approximate surface area is 151 Å². The van der Waals surface area contributed by atoms with Crippen molar-refractivity contribution in [2.24, 2.45) is 0 Å². The van der Waals surface area contributed by atoms with Crippen molar-refractivity contribution in [2.75, 3.05) is 0 Å². The highest BCUT2D eigenvalue weighted by Gasteiger charge is 2.23. The fraction of sp³-hybridized carbons (Fsp3) is 0.444. The van der Waals surface area contributed by atoms with Gasteiger partial charge in [0.15, 0.2) is 0 Å². The van der Waals surface area contributed by atoms with E-state index in [-0.39, 0.29) is 9.49 Å². The van der Waals surface area contributed by atoms with Crippen LogP contribution in [0, 0.1) is 22.7 Å². The van der Waals surface area contributed by atoms with Crippen molar-refractivity contribution in [2.45, 2.75) is 61.1 Å². The van der Waals surface area contributed by atoms with Gasteiger partial charge in [-0.1, -0.05) is 65.1 Å². The Morgan fingerprint density at radius 3 is 1.33 bits per heavy atom. The first-order valence-corrected chi connectivity index (χ1v) is 9.20. The standard InChI is InChI=1S/C18H20N4S2/c1-17(2,3)23-15-16(24-18(4,5)6)22-14-8-12(10-20)11(9-19)7-13(14)21-15/h7-8H,1-6H3. The second-order valence-electron chi connectivity index (χ2n) is 7.37. The van der Waals surface area contributed by atoms with Gasteiger partial charge in [0.1, 0.15) is 22.2 Å². The van der Waals surface area contributed by atoms with Crippen LogP contribution in [0.3, 0.4) is 0 Å². The third-order valence-corrected chi connectivity index (χ3v) is 5.10. The molecule has 0 fully saturated rings. The Balaban J connectivity index is 2.70. The first-order valence-electron chi connectivity index (χ1n) is 7.56. The number of aromatic nitrogens is 2. The molecule has 0 unspecified atom stereocenters. The maximum atomic E-state index is 9.21. The monoisotopic (exact) mass is 356 g/mol. The zero-order chi connectivity index (χ0) is 18.1. The van der Waals surface area contributed by atoms with Gasteiger partial charge < -0.3 is 0 Å². The van der Waals surface area contributed by atoms with E-state index < -0.39 is 0 Å². The SMILES string of the molecule is CC(C)(C)Sc1nc2cc(C#N)c(C#N)cc2nc1SC(C)(C)C. The number of nitrogens with zero attached hydrogens (tertiary/aromatic N) is 4. The van der Waals surface area contributed by atoms with Gasteiger partial charge in [-0.15, -0.1) is 0 Å². The van der Waals surface area contributed by atoms with Crippen LogP contribution >= 0.6 is 23.5 Å². The van der Waals surface area contributed by atoms with Gasteiger partial charge in [0.2, 0.25) is 0 Å². The Hall–Kier alpha value is -1.76. The van der Waals surface area contributed by atoms with Crippen LogP contribution in [-0.4, -0.2) is 19.5 Å². The van der Waals surface area contributed by atoms with Crippen LogP contribution in [0.1, 0.15) is 52.7 Å². The van der Waals surface area contributed by atoms with Crippen molar-refractivity contribution in [1.82, 2.24) is 9.97 Å². The number of rotatable bonds is 2. The first kappa shape index (κ1) is 18.6. The third-order valence-electron chi connectivity index (χ3n) is 2.79. The predicted octanol–water partition coefficient (Wildman–Crippen LogP) is 5.15. The summed E-state index contributed by atoms with van der Waals surface area (Å²) in [7, 11) is 0. The number of hydrogen-bond acceptors (Lipinski definition) is 6. The van der Waals surface area contributed by atoms with Gasteiger partial charge in [0.05, 0.1) is 22.2 Å². The average molecular weight is 357 g/mol. The molecular weight excluding hydrogens is 336 g/mol. The van der Waals surface area contributed by atoms with Gasteiger partial charge >= 0.3 is 0 Å². The van der Waals surface area contributed by atoms with Crippen LogP contribution in [0.15, 0.2) is 22.2 Å². The number of thioether (sulfide) groups is 2. The Kier molecular flexibility index (Phi) is 5.13. The lowest BCUT2D eigenvalue weighted by atomic mass is 10.1. The van der Waals surface area contributed by atoms with Gasteiger partial charge in [-0.2, -0.15) is 10.5 Å². The van der Waals surface area contributed by atoms with E-state index in [2.05, 4.69) is 53.7 Å². The highest BCUT2D eigenvalue weighted by molar-refractivity contribution is 8.03. The molecule has 2 rings (SSSR count). The predicted molar refractivity (Wildman–Crippen MR) is 100 cm³/mol. The summed E-state index contributed by atoms with van der Waals surface area (Å²) in [6.45, 7) is 12.8. The van der Waals surface area contributed by atoms with Gasteiger partial charge in [0, 0.05) is 9.49 Å². The van der Waals surface area contributed by atoms with Gasteiger partial charge in [0.25, 0.3) is 0 Å². The summed E-state index contributed by atoms with van der Waals surface area (Å²) in [6.07, 6.45) is 0. The molecule has 0 saturated heterocycles. The number of fused-ring (bicyclic) bond motifs is 1. The van der Waals surface area contributed by atoms with E-state index in [4.69, 9.17) is 9.97 Å². The van der Waals surface area contributed by atoms with E-state index in [1.165, 1.54) is 0 Å². The van der Waals surface area contributed by atoms with Crippen molar-refractivity contribution < 1.29 is 0 Å². The van der Waals surface area contributed by atoms with Crippen molar-refractivity contribution in [3.63, 3.8) is 0 Å². The topological polar surface area (TPSA) is 73.4 Å². The van der Waals surface area contributed by atoms with E-state index in [9.17, 15) is 10.5 Å². The molecule has 0 radical (unpaired) electrons. The molecule has 1 aromatic heterocycles. The molecule has 0 aliphatic rings. The molecule has 0 saturated carbocycles. The highest BCUT2D eigenvalue weighted by atomic mass is 32.2. The maximum Gasteiger partial charge on any atom is 0.130 e. The summed E-state index contributed by atoms with van der Waals surface area (Å²) in [4.78, 5) is 9.50. The molecule has 0 spiro atoms. The normalized spacial score (nSPS) is 12.0. The quantitative estimate of drug-likeness (QED) is 0.692. The number of hydrogen-bond donors (Lipinski definition) is 0. The Bertz CT molecular complexity index is 790. The molecule has 0 N–H and O–H groups in total. The summed E-state index contributed by atoms with van der Waals surface area (Å²) in [5, 5.41) is 20.2. The molecule has 6 heteroatoms. The van der Waals surface area contributed by atoms with Crippen molar-refractivity contribution >= 4 is 34.6 Å². The second-order valence-corrected chi connectivity index (χ2v) is 11.0. The Morgan fingerprint density at radius 2 is 1.08 bits per heavy atom. The van der Waals surface area contributed by atoms with E-state index in [1.807, 2.05) is 0 Å². The largest absolute Gasteiger partial charge is 0.237 e. The lowest BCUT2D eigenvalue weighted by molar-refractivity contribution is 0.782. The van der Waals surface area contributed by atoms with E-state index in [0.29, 0.717) is 22.2 Å². The number of benzene rings is 1. The van der Waals surface area contributed by atoms with Crippen molar-refractivity contribution in [1.29, 1.82) is 10.5 Å². The molecule has 1 heterocycles. The number of nitriles is 2. The van der Waals surface area contributed by atoms with Crippen LogP contribution in [0.4, 0.5) is 0 Å². The molecule has 4 nitrogen and oxygen atoms in total. The van der Waals surface area contributed by atoms with E-state index in [0.717, 1.165) is 10.1 Å². The summed E-state index contributed by atoms with van der Waals surface area (Å²) >= 11 is 3.33. The zero-order valence-corrected chi connectivity index (χ0v) is 16.4. The smallest absolute Gasteiger partial charge is 0.130 e. The molecule has 0 aliphatic carbocycles. The highest BCUT2D eigenvalue weighted by Crippen LogP contribution is 2.41. The molecule has 0 bridgehead atoms. The summed E-state index contributed by atoms with van der Waals surface area (Å²) in [5.74, 6) is 0. The molecule has 2 aromatic rings. The fourth-order valence-corrected chi connectivity index (χ4v) is 3.93. The third kappa shape index (κ3) is 4.63. The first-order chi connectivity index (χ1) is 11.0. The Morgan fingerprint density at radius 1 is 0.750 bits per heavy atom. The zero-order valence-electron chi connectivity index (χ0n) is 14.8. The fourth-order valence-electron chi connectivity index (χ4n) is 1.97.